The monoisotopic (exact) mass is 238 g/mol. The number of nitrogens with two attached hydrogens (primary N) is 1. The van der Waals surface area contributed by atoms with Gasteiger partial charge in [0.25, 0.3) is 0 Å². The number of rotatable bonds is 7. The van der Waals surface area contributed by atoms with Gasteiger partial charge in [-0.3, -0.25) is 0 Å². The van der Waals surface area contributed by atoms with Crippen molar-refractivity contribution in [3.05, 3.63) is 11.6 Å². The van der Waals surface area contributed by atoms with E-state index in [1.54, 1.807) is 5.57 Å². The van der Waals surface area contributed by atoms with Gasteiger partial charge in [-0.2, -0.15) is 0 Å². The van der Waals surface area contributed by atoms with E-state index in [9.17, 15) is 0 Å². The third-order valence-corrected chi connectivity index (χ3v) is 4.11. The molecular formula is C14H26N2O. The minimum absolute atomic E-state index is 0.166. The van der Waals surface area contributed by atoms with Gasteiger partial charge in [-0.1, -0.05) is 11.6 Å². The largest absolute Gasteiger partial charge is 0.378 e. The molecule has 0 aromatic heterocycles. The number of hydrogen-bond acceptors (Lipinski definition) is 3. The Morgan fingerprint density at radius 2 is 2.35 bits per heavy atom. The molecule has 1 saturated carbocycles. The van der Waals surface area contributed by atoms with Crippen LogP contribution in [0.15, 0.2) is 11.6 Å². The van der Waals surface area contributed by atoms with E-state index < -0.39 is 0 Å². The standard InChI is InChI=1S/C14H26N2O/c1-2-17-13-9-14(10-13,11-15)16-8-7-12-5-3-4-6-12/h5,13,16H,2-4,6-11,15H2,1H3. The summed E-state index contributed by atoms with van der Waals surface area (Å²) < 4.78 is 5.61. The van der Waals surface area contributed by atoms with Crippen LogP contribution in [0.1, 0.15) is 45.4 Å². The fraction of sp³-hybridized carbons (Fsp3) is 0.857. The average molecular weight is 238 g/mol. The Morgan fingerprint density at radius 3 is 2.94 bits per heavy atom. The van der Waals surface area contributed by atoms with E-state index >= 15 is 0 Å². The van der Waals surface area contributed by atoms with Gasteiger partial charge in [-0.25, -0.2) is 0 Å². The van der Waals surface area contributed by atoms with Crippen LogP contribution in [0.2, 0.25) is 0 Å². The molecule has 2 aliphatic rings. The van der Waals surface area contributed by atoms with Gasteiger partial charge in [-0.05, 0) is 52.0 Å². The van der Waals surface area contributed by atoms with E-state index in [0.29, 0.717) is 6.10 Å². The molecule has 0 aromatic rings. The minimum Gasteiger partial charge on any atom is -0.378 e. The van der Waals surface area contributed by atoms with Crippen molar-refractivity contribution >= 4 is 0 Å². The van der Waals surface area contributed by atoms with Gasteiger partial charge >= 0.3 is 0 Å². The van der Waals surface area contributed by atoms with Crippen molar-refractivity contribution in [2.45, 2.75) is 57.1 Å². The van der Waals surface area contributed by atoms with Gasteiger partial charge < -0.3 is 15.8 Å². The number of ether oxygens (including phenoxy) is 1. The summed E-state index contributed by atoms with van der Waals surface area (Å²) >= 11 is 0. The lowest BCUT2D eigenvalue weighted by atomic mass is 9.74. The zero-order valence-electron chi connectivity index (χ0n) is 11.0. The van der Waals surface area contributed by atoms with Crippen molar-refractivity contribution < 1.29 is 4.74 Å². The maximum atomic E-state index is 5.89. The third kappa shape index (κ3) is 3.30. The summed E-state index contributed by atoms with van der Waals surface area (Å²) in [4.78, 5) is 0. The Morgan fingerprint density at radius 1 is 1.53 bits per heavy atom. The normalized spacial score (nSPS) is 32.4. The fourth-order valence-corrected chi connectivity index (χ4v) is 3.00. The molecule has 98 valence electrons. The number of nitrogens with one attached hydrogen (secondary N) is 1. The van der Waals surface area contributed by atoms with E-state index in [2.05, 4.69) is 18.3 Å². The van der Waals surface area contributed by atoms with Crippen LogP contribution in [-0.4, -0.2) is 31.3 Å². The van der Waals surface area contributed by atoms with E-state index in [1.807, 2.05) is 0 Å². The number of hydrogen-bond donors (Lipinski definition) is 2. The highest BCUT2D eigenvalue weighted by Crippen LogP contribution is 2.34. The first-order valence-electron chi connectivity index (χ1n) is 7.02. The zero-order valence-corrected chi connectivity index (χ0v) is 11.0. The molecule has 0 saturated heterocycles. The fourth-order valence-electron chi connectivity index (χ4n) is 3.00. The van der Waals surface area contributed by atoms with Crippen molar-refractivity contribution in [3.8, 4) is 0 Å². The molecule has 1 fully saturated rings. The SMILES string of the molecule is CCOC1CC(CN)(NCCC2=CCCC2)C1. The van der Waals surface area contributed by atoms with Gasteiger partial charge in [0, 0.05) is 18.7 Å². The molecule has 0 atom stereocenters. The maximum absolute atomic E-state index is 5.89. The van der Waals surface area contributed by atoms with Crippen molar-refractivity contribution in [2.24, 2.45) is 5.73 Å². The summed E-state index contributed by atoms with van der Waals surface area (Å²) in [5, 5.41) is 3.65. The topological polar surface area (TPSA) is 47.3 Å². The molecular weight excluding hydrogens is 212 g/mol. The Labute approximate surface area is 105 Å². The summed E-state index contributed by atoms with van der Waals surface area (Å²) in [6.07, 6.45) is 10.1. The molecule has 17 heavy (non-hydrogen) atoms. The van der Waals surface area contributed by atoms with Crippen molar-refractivity contribution in [2.75, 3.05) is 19.7 Å². The molecule has 0 radical (unpaired) electrons. The third-order valence-electron chi connectivity index (χ3n) is 4.11. The van der Waals surface area contributed by atoms with E-state index in [4.69, 9.17) is 10.5 Å². The van der Waals surface area contributed by atoms with Gasteiger partial charge in [0.05, 0.1) is 6.10 Å². The van der Waals surface area contributed by atoms with Crippen LogP contribution >= 0.6 is 0 Å². The highest BCUT2D eigenvalue weighted by Gasteiger charge is 2.43. The van der Waals surface area contributed by atoms with E-state index in [1.165, 1.54) is 25.7 Å². The Hall–Kier alpha value is -0.380. The Kier molecular flexibility index (Phi) is 4.60. The second-order valence-electron chi connectivity index (χ2n) is 5.40. The smallest absolute Gasteiger partial charge is 0.0611 e. The van der Waals surface area contributed by atoms with Crippen LogP contribution in [-0.2, 0) is 4.74 Å². The molecule has 3 N–H and O–H groups in total. The van der Waals surface area contributed by atoms with Gasteiger partial charge in [0.1, 0.15) is 0 Å². The van der Waals surface area contributed by atoms with E-state index in [-0.39, 0.29) is 5.54 Å². The number of allylic oxidation sites excluding steroid dienone is 1. The van der Waals surface area contributed by atoms with Gasteiger partial charge in [0.15, 0.2) is 0 Å². The van der Waals surface area contributed by atoms with Crippen LogP contribution in [0.3, 0.4) is 0 Å². The van der Waals surface area contributed by atoms with Crippen LogP contribution in [0.4, 0.5) is 0 Å². The van der Waals surface area contributed by atoms with Crippen LogP contribution < -0.4 is 11.1 Å². The Bertz CT molecular complexity index is 269. The lowest BCUT2D eigenvalue weighted by molar-refractivity contribution is -0.0472. The molecule has 0 aliphatic heterocycles. The average Bonchev–Trinajstić information content (AvgIpc) is 2.78. The second kappa shape index (κ2) is 5.98. The zero-order chi connectivity index (χ0) is 12.1. The predicted octanol–water partition coefficient (Wildman–Crippen LogP) is 1.97. The van der Waals surface area contributed by atoms with Crippen LogP contribution in [0.25, 0.3) is 0 Å². The minimum atomic E-state index is 0.166. The molecule has 0 amide bonds. The molecule has 3 nitrogen and oxygen atoms in total. The van der Waals surface area contributed by atoms with Crippen molar-refractivity contribution in [1.29, 1.82) is 0 Å². The summed E-state index contributed by atoms with van der Waals surface area (Å²) in [6.45, 7) is 4.68. The molecule has 0 spiro atoms. The molecule has 0 unspecified atom stereocenters. The highest BCUT2D eigenvalue weighted by atomic mass is 16.5. The van der Waals surface area contributed by atoms with Crippen LogP contribution in [0.5, 0.6) is 0 Å². The lowest BCUT2D eigenvalue weighted by Gasteiger charge is -2.47. The van der Waals surface area contributed by atoms with E-state index in [0.717, 1.165) is 32.5 Å². The second-order valence-corrected chi connectivity index (χ2v) is 5.40. The maximum Gasteiger partial charge on any atom is 0.0611 e. The predicted molar refractivity (Wildman–Crippen MR) is 71.0 cm³/mol. The van der Waals surface area contributed by atoms with Crippen LogP contribution in [0, 0.1) is 0 Å². The first-order chi connectivity index (χ1) is 8.28. The summed E-state index contributed by atoms with van der Waals surface area (Å²) in [5.41, 5.74) is 7.68. The molecule has 0 bridgehead atoms. The summed E-state index contributed by atoms with van der Waals surface area (Å²) in [5.74, 6) is 0. The van der Waals surface area contributed by atoms with Crippen molar-refractivity contribution in [3.63, 3.8) is 0 Å². The molecule has 3 heteroatoms. The van der Waals surface area contributed by atoms with Crippen molar-refractivity contribution in [1.82, 2.24) is 5.32 Å². The molecule has 2 rings (SSSR count). The molecule has 0 heterocycles. The summed E-state index contributed by atoms with van der Waals surface area (Å²) in [6, 6.07) is 0. The van der Waals surface area contributed by atoms with Gasteiger partial charge in [0.2, 0.25) is 0 Å². The summed E-state index contributed by atoms with van der Waals surface area (Å²) in [7, 11) is 0. The first kappa shape index (κ1) is 13.1. The lowest BCUT2D eigenvalue weighted by Crippen LogP contribution is -2.62. The molecule has 0 aromatic carbocycles. The van der Waals surface area contributed by atoms with Gasteiger partial charge in [-0.15, -0.1) is 0 Å². The quantitative estimate of drug-likeness (QED) is 0.667. The Balaban J connectivity index is 1.66. The first-order valence-corrected chi connectivity index (χ1v) is 7.02. The molecule has 2 aliphatic carbocycles. The highest BCUT2D eigenvalue weighted by molar-refractivity contribution is 5.09.